The molecular weight excluding hydrogens is 381 g/mol. The molecule has 2 heterocycles. The van der Waals surface area contributed by atoms with Crippen molar-refractivity contribution in [2.75, 3.05) is 0 Å². The van der Waals surface area contributed by atoms with Gasteiger partial charge >= 0.3 is 0 Å². The number of halogens is 1. The number of aryl methyl sites for hydroxylation is 1. The molecule has 1 N–H and O–H groups in total. The van der Waals surface area contributed by atoms with E-state index in [2.05, 4.69) is 4.57 Å². The fraction of sp³-hybridized carbons (Fsp3) is 0.458. The summed E-state index contributed by atoms with van der Waals surface area (Å²) in [6.07, 6.45) is 5.63. The first kappa shape index (κ1) is 20.7. The van der Waals surface area contributed by atoms with Gasteiger partial charge in [-0.05, 0) is 69.4 Å². The third-order valence-corrected chi connectivity index (χ3v) is 5.85. The van der Waals surface area contributed by atoms with Gasteiger partial charge in [-0.2, -0.15) is 0 Å². The van der Waals surface area contributed by atoms with E-state index in [1.807, 2.05) is 12.1 Å². The highest BCUT2D eigenvalue weighted by Crippen LogP contribution is 2.36. The number of pyridine rings is 1. The van der Waals surface area contributed by atoms with Crippen LogP contribution in [0.15, 0.2) is 36.4 Å². The molecule has 30 heavy (non-hydrogen) atoms. The van der Waals surface area contributed by atoms with Gasteiger partial charge in [-0.1, -0.05) is 12.1 Å². The molecule has 0 radical (unpaired) electrons. The lowest BCUT2D eigenvalue weighted by atomic mass is 9.92. The third kappa shape index (κ3) is 4.43. The molecule has 0 atom stereocenters. The van der Waals surface area contributed by atoms with Crippen molar-refractivity contribution in [3.8, 4) is 0 Å². The number of Topliss-reactive ketones (excluding diaryl/α,β-unsaturated/α-hetero) is 1. The summed E-state index contributed by atoms with van der Waals surface area (Å²) >= 11 is 0. The van der Waals surface area contributed by atoms with Crippen LogP contribution in [0.4, 0.5) is 4.39 Å². The van der Waals surface area contributed by atoms with Gasteiger partial charge in [0.1, 0.15) is 28.5 Å². The van der Waals surface area contributed by atoms with Crippen LogP contribution in [-0.4, -0.2) is 25.4 Å². The standard InChI is InChI=1S/C24H28FN3O2/c1-24(2,30)21-14-13-20-23(27-21)28(18-5-3-6-18)22(26-20)8-4-7-19(29)15-16-9-11-17(25)12-10-16/h9-14,18,30H,3-8,15H2,1-2H3. The lowest BCUT2D eigenvalue weighted by molar-refractivity contribution is -0.118. The average molecular weight is 410 g/mol. The smallest absolute Gasteiger partial charge is 0.160 e. The molecule has 0 amide bonds. The van der Waals surface area contributed by atoms with Crippen molar-refractivity contribution in [1.82, 2.24) is 14.5 Å². The number of fused-ring (bicyclic) bond motifs is 1. The van der Waals surface area contributed by atoms with E-state index in [0.717, 1.165) is 35.4 Å². The van der Waals surface area contributed by atoms with Gasteiger partial charge < -0.3 is 9.67 Å². The largest absolute Gasteiger partial charge is 0.384 e. The number of hydrogen-bond acceptors (Lipinski definition) is 4. The number of imidazole rings is 1. The fourth-order valence-corrected chi connectivity index (χ4v) is 3.93. The summed E-state index contributed by atoms with van der Waals surface area (Å²) in [5, 5.41) is 10.3. The monoisotopic (exact) mass is 409 g/mol. The van der Waals surface area contributed by atoms with Crippen molar-refractivity contribution in [3.05, 3.63) is 59.3 Å². The Morgan fingerprint density at radius 1 is 1.17 bits per heavy atom. The maximum Gasteiger partial charge on any atom is 0.160 e. The van der Waals surface area contributed by atoms with Crippen LogP contribution in [0.1, 0.15) is 69.1 Å². The van der Waals surface area contributed by atoms with Crippen LogP contribution < -0.4 is 0 Å². The highest BCUT2D eigenvalue weighted by atomic mass is 19.1. The fourth-order valence-electron chi connectivity index (χ4n) is 3.93. The molecule has 6 heteroatoms. The maximum absolute atomic E-state index is 13.0. The minimum Gasteiger partial charge on any atom is -0.384 e. The summed E-state index contributed by atoms with van der Waals surface area (Å²) in [5.41, 5.74) is 2.13. The van der Waals surface area contributed by atoms with Gasteiger partial charge in [0, 0.05) is 25.3 Å². The minimum absolute atomic E-state index is 0.148. The summed E-state index contributed by atoms with van der Waals surface area (Å²) in [4.78, 5) is 21.9. The van der Waals surface area contributed by atoms with Crippen LogP contribution in [0.2, 0.25) is 0 Å². The van der Waals surface area contributed by atoms with Gasteiger partial charge in [-0.25, -0.2) is 14.4 Å². The van der Waals surface area contributed by atoms with Crippen molar-refractivity contribution in [1.29, 1.82) is 0 Å². The molecule has 5 nitrogen and oxygen atoms in total. The summed E-state index contributed by atoms with van der Waals surface area (Å²) in [6.45, 7) is 3.47. The van der Waals surface area contributed by atoms with Crippen molar-refractivity contribution in [2.24, 2.45) is 0 Å². The topological polar surface area (TPSA) is 68.0 Å². The number of rotatable bonds is 8. The molecule has 3 aromatic rings. The SMILES string of the molecule is CC(C)(O)c1ccc2nc(CCCC(=O)Cc3ccc(F)cc3)n(C3CCC3)c2n1. The Morgan fingerprint density at radius 2 is 1.90 bits per heavy atom. The highest BCUT2D eigenvalue weighted by molar-refractivity contribution is 5.80. The molecule has 1 aromatic carbocycles. The zero-order chi connectivity index (χ0) is 21.3. The number of carbonyl (C=O) groups is 1. The second kappa shape index (κ2) is 8.26. The van der Waals surface area contributed by atoms with Gasteiger partial charge in [0.05, 0.1) is 5.69 Å². The molecule has 0 unspecified atom stereocenters. The molecule has 1 saturated carbocycles. The van der Waals surface area contributed by atoms with E-state index in [4.69, 9.17) is 9.97 Å². The zero-order valence-corrected chi connectivity index (χ0v) is 17.6. The summed E-state index contributed by atoms with van der Waals surface area (Å²) in [7, 11) is 0. The second-order valence-corrected chi connectivity index (χ2v) is 8.78. The molecule has 1 aliphatic carbocycles. The van der Waals surface area contributed by atoms with Gasteiger partial charge in [0.25, 0.3) is 0 Å². The first-order valence-corrected chi connectivity index (χ1v) is 10.7. The second-order valence-electron chi connectivity index (χ2n) is 8.78. The Labute approximate surface area is 176 Å². The van der Waals surface area contributed by atoms with Crippen LogP contribution in [0, 0.1) is 5.82 Å². The minimum atomic E-state index is -1.00. The Balaban J connectivity index is 1.48. The first-order valence-electron chi connectivity index (χ1n) is 10.7. The summed E-state index contributed by atoms with van der Waals surface area (Å²) < 4.78 is 15.2. The molecule has 0 spiro atoms. The molecular formula is C24H28FN3O2. The Hall–Kier alpha value is -2.60. The number of hydrogen-bond donors (Lipinski definition) is 1. The zero-order valence-electron chi connectivity index (χ0n) is 17.6. The summed E-state index contributed by atoms with van der Waals surface area (Å²) in [5.74, 6) is 0.822. The van der Waals surface area contributed by atoms with Gasteiger partial charge in [0.2, 0.25) is 0 Å². The molecule has 4 rings (SSSR count). The van der Waals surface area contributed by atoms with Crippen LogP contribution >= 0.6 is 0 Å². The number of carbonyl (C=O) groups excluding carboxylic acids is 1. The van der Waals surface area contributed by atoms with E-state index in [1.165, 1.54) is 18.6 Å². The lowest BCUT2D eigenvalue weighted by Gasteiger charge is -2.29. The van der Waals surface area contributed by atoms with Crippen LogP contribution in [0.3, 0.4) is 0 Å². The Bertz CT molecular complexity index is 1050. The highest BCUT2D eigenvalue weighted by Gasteiger charge is 2.27. The lowest BCUT2D eigenvalue weighted by Crippen LogP contribution is -2.21. The molecule has 1 aliphatic rings. The number of aliphatic hydroxyl groups is 1. The molecule has 2 aromatic heterocycles. The number of ketones is 1. The van der Waals surface area contributed by atoms with Crippen molar-refractivity contribution in [3.63, 3.8) is 0 Å². The van der Waals surface area contributed by atoms with Crippen molar-refractivity contribution in [2.45, 2.75) is 70.4 Å². The molecule has 0 saturated heterocycles. The van der Waals surface area contributed by atoms with Gasteiger partial charge in [-0.3, -0.25) is 4.79 Å². The average Bonchev–Trinajstić information content (AvgIpc) is 2.99. The van der Waals surface area contributed by atoms with Crippen LogP contribution in [-0.2, 0) is 23.2 Å². The predicted octanol–water partition coefficient (Wildman–Crippen LogP) is 4.66. The van der Waals surface area contributed by atoms with E-state index in [0.29, 0.717) is 37.4 Å². The van der Waals surface area contributed by atoms with E-state index in [1.54, 1.807) is 26.0 Å². The van der Waals surface area contributed by atoms with E-state index >= 15 is 0 Å². The van der Waals surface area contributed by atoms with E-state index < -0.39 is 5.60 Å². The normalized spacial score (nSPS) is 14.8. The van der Waals surface area contributed by atoms with Crippen LogP contribution in [0.5, 0.6) is 0 Å². The molecule has 158 valence electrons. The van der Waals surface area contributed by atoms with Gasteiger partial charge in [-0.15, -0.1) is 0 Å². The summed E-state index contributed by atoms with van der Waals surface area (Å²) in [6, 6.07) is 10.2. The third-order valence-electron chi connectivity index (χ3n) is 5.85. The van der Waals surface area contributed by atoms with Crippen molar-refractivity contribution >= 4 is 16.9 Å². The number of nitrogens with zero attached hydrogens (tertiary/aromatic N) is 3. The van der Waals surface area contributed by atoms with Gasteiger partial charge in [0.15, 0.2) is 5.65 Å². The van der Waals surface area contributed by atoms with E-state index in [-0.39, 0.29) is 11.6 Å². The molecule has 1 fully saturated rings. The number of benzene rings is 1. The first-order chi connectivity index (χ1) is 14.3. The predicted molar refractivity (Wildman–Crippen MR) is 114 cm³/mol. The maximum atomic E-state index is 13.0. The Kier molecular flexibility index (Phi) is 5.69. The van der Waals surface area contributed by atoms with E-state index in [9.17, 15) is 14.3 Å². The Morgan fingerprint density at radius 3 is 2.53 bits per heavy atom. The quantitative estimate of drug-likeness (QED) is 0.588. The molecule has 0 bridgehead atoms. The number of aromatic nitrogens is 3. The molecule has 0 aliphatic heterocycles. The van der Waals surface area contributed by atoms with Crippen LogP contribution in [0.25, 0.3) is 11.2 Å². The van der Waals surface area contributed by atoms with Crippen molar-refractivity contribution < 1.29 is 14.3 Å².